The lowest BCUT2D eigenvalue weighted by Crippen LogP contribution is -2.23. The van der Waals surface area contributed by atoms with Gasteiger partial charge in [0, 0.05) is 37.6 Å². The maximum absolute atomic E-state index is 11.9. The average Bonchev–Trinajstić information content (AvgIpc) is 3.39. The van der Waals surface area contributed by atoms with E-state index in [1.165, 1.54) is 0 Å². The first kappa shape index (κ1) is 14.4. The summed E-state index contributed by atoms with van der Waals surface area (Å²) >= 11 is 0. The average molecular weight is 338 g/mol. The second-order valence-corrected chi connectivity index (χ2v) is 6.59. The first-order valence-electron chi connectivity index (χ1n) is 8.58. The Hall–Kier alpha value is -2.90. The van der Waals surface area contributed by atoms with Crippen LogP contribution in [0.5, 0.6) is 0 Å². The summed E-state index contributed by atoms with van der Waals surface area (Å²) in [6, 6.07) is 2.15. The smallest absolute Gasteiger partial charge is 0.227 e. The summed E-state index contributed by atoms with van der Waals surface area (Å²) < 4.78 is 7.54. The van der Waals surface area contributed by atoms with E-state index in [9.17, 15) is 4.79 Å². The van der Waals surface area contributed by atoms with Crippen LogP contribution in [0.4, 0.5) is 11.5 Å². The summed E-state index contributed by atoms with van der Waals surface area (Å²) in [6.07, 6.45) is 9.67. The number of amides is 1. The van der Waals surface area contributed by atoms with Crippen molar-refractivity contribution in [3.8, 4) is 0 Å². The van der Waals surface area contributed by atoms with Crippen molar-refractivity contribution in [2.24, 2.45) is 0 Å². The molecule has 0 bridgehead atoms. The van der Waals surface area contributed by atoms with E-state index in [-0.39, 0.29) is 11.9 Å². The quantitative estimate of drug-likeness (QED) is 0.727. The van der Waals surface area contributed by atoms with Gasteiger partial charge in [0.15, 0.2) is 11.4 Å². The molecule has 2 fully saturated rings. The van der Waals surface area contributed by atoms with Crippen molar-refractivity contribution >= 4 is 28.4 Å². The van der Waals surface area contributed by atoms with Crippen molar-refractivity contribution in [3.05, 3.63) is 30.9 Å². The van der Waals surface area contributed by atoms with Gasteiger partial charge in [0.05, 0.1) is 30.4 Å². The molecule has 2 saturated heterocycles. The molecule has 1 atom stereocenters. The number of rotatable bonds is 3. The van der Waals surface area contributed by atoms with Gasteiger partial charge in [-0.3, -0.25) is 9.48 Å². The molecular weight excluding hydrogens is 320 g/mol. The Bertz CT molecular complexity index is 932. The number of furan rings is 1. The van der Waals surface area contributed by atoms with E-state index in [1.807, 2.05) is 21.8 Å². The molecule has 3 aromatic rings. The van der Waals surface area contributed by atoms with Crippen LogP contribution in [0.2, 0.25) is 0 Å². The van der Waals surface area contributed by atoms with Crippen molar-refractivity contribution in [1.82, 2.24) is 20.0 Å². The molecule has 0 N–H and O–H groups in total. The minimum absolute atomic E-state index is 0.187. The highest BCUT2D eigenvalue weighted by atomic mass is 16.3. The zero-order valence-electron chi connectivity index (χ0n) is 13.7. The minimum atomic E-state index is 0.187. The highest BCUT2D eigenvalue weighted by Gasteiger charge is 2.29. The molecule has 0 aliphatic carbocycles. The molecule has 8 heteroatoms. The van der Waals surface area contributed by atoms with Gasteiger partial charge < -0.3 is 14.2 Å². The van der Waals surface area contributed by atoms with Crippen LogP contribution in [0, 0.1) is 0 Å². The lowest BCUT2D eigenvalue weighted by atomic mass is 10.3. The molecule has 5 rings (SSSR count). The Morgan fingerprint density at radius 2 is 2.20 bits per heavy atom. The molecule has 0 radical (unpaired) electrons. The summed E-state index contributed by atoms with van der Waals surface area (Å²) in [6.45, 7) is 2.46. The fourth-order valence-corrected chi connectivity index (χ4v) is 3.74. The minimum Gasteiger partial charge on any atom is -0.460 e. The van der Waals surface area contributed by atoms with Crippen LogP contribution in [0.3, 0.4) is 0 Å². The number of nitrogens with zero attached hydrogens (tertiary/aromatic N) is 6. The van der Waals surface area contributed by atoms with Crippen molar-refractivity contribution in [2.45, 2.75) is 25.3 Å². The van der Waals surface area contributed by atoms with E-state index in [4.69, 9.17) is 4.42 Å². The monoisotopic (exact) mass is 338 g/mol. The van der Waals surface area contributed by atoms with Crippen LogP contribution in [-0.2, 0) is 4.79 Å². The normalized spacial score (nSPS) is 21.0. The van der Waals surface area contributed by atoms with Crippen LogP contribution in [-0.4, -0.2) is 45.5 Å². The molecule has 0 saturated carbocycles. The third-order valence-corrected chi connectivity index (χ3v) is 5.06. The highest BCUT2D eigenvalue weighted by Crippen LogP contribution is 2.31. The van der Waals surface area contributed by atoms with Crippen LogP contribution in [0.25, 0.3) is 11.0 Å². The number of hydrogen-bond donors (Lipinski definition) is 0. The van der Waals surface area contributed by atoms with Gasteiger partial charge in [-0.05, 0) is 18.9 Å². The first-order valence-corrected chi connectivity index (χ1v) is 8.58. The van der Waals surface area contributed by atoms with Gasteiger partial charge >= 0.3 is 0 Å². The molecule has 0 spiro atoms. The molecule has 1 unspecified atom stereocenters. The van der Waals surface area contributed by atoms with Crippen molar-refractivity contribution in [2.75, 3.05) is 29.4 Å². The largest absolute Gasteiger partial charge is 0.460 e. The summed E-state index contributed by atoms with van der Waals surface area (Å²) in [7, 11) is 0. The van der Waals surface area contributed by atoms with E-state index < -0.39 is 0 Å². The molecule has 2 aliphatic rings. The van der Waals surface area contributed by atoms with Gasteiger partial charge in [-0.1, -0.05) is 0 Å². The van der Waals surface area contributed by atoms with Crippen LogP contribution < -0.4 is 9.80 Å². The Kier molecular flexibility index (Phi) is 3.22. The zero-order chi connectivity index (χ0) is 16.8. The Balaban J connectivity index is 1.36. The lowest BCUT2D eigenvalue weighted by molar-refractivity contribution is -0.117. The first-order chi connectivity index (χ1) is 12.3. The number of fused-ring (bicyclic) bond motifs is 1. The van der Waals surface area contributed by atoms with E-state index >= 15 is 0 Å². The van der Waals surface area contributed by atoms with Crippen molar-refractivity contribution < 1.29 is 9.21 Å². The Morgan fingerprint density at radius 3 is 3.08 bits per heavy atom. The predicted molar refractivity (Wildman–Crippen MR) is 91.5 cm³/mol. The second-order valence-electron chi connectivity index (χ2n) is 6.59. The Morgan fingerprint density at radius 1 is 1.24 bits per heavy atom. The number of aromatic nitrogens is 4. The number of carbonyl (C=O) groups is 1. The molecule has 1 amide bonds. The molecule has 8 nitrogen and oxygen atoms in total. The predicted octanol–water partition coefficient (Wildman–Crippen LogP) is 2.00. The molecule has 25 heavy (non-hydrogen) atoms. The SMILES string of the molecule is O=C1CCCN1c1cnn(C2CCN(c3nncc4ccoc34)C2)c1. The number of hydrogen-bond acceptors (Lipinski definition) is 6. The highest BCUT2D eigenvalue weighted by molar-refractivity contribution is 5.95. The molecular formula is C17H18N6O2. The van der Waals surface area contributed by atoms with Gasteiger partial charge in [-0.25, -0.2) is 0 Å². The molecule has 2 aliphatic heterocycles. The van der Waals surface area contributed by atoms with Gasteiger partial charge in [-0.15, -0.1) is 5.10 Å². The van der Waals surface area contributed by atoms with E-state index in [0.717, 1.165) is 55.0 Å². The van der Waals surface area contributed by atoms with Crippen LogP contribution in [0.15, 0.2) is 35.3 Å². The number of carbonyl (C=O) groups excluding carboxylic acids is 1. The summed E-state index contributed by atoms with van der Waals surface area (Å²) in [4.78, 5) is 15.9. The van der Waals surface area contributed by atoms with E-state index in [2.05, 4.69) is 20.2 Å². The molecule has 0 aromatic carbocycles. The van der Waals surface area contributed by atoms with Crippen molar-refractivity contribution in [1.29, 1.82) is 0 Å². The lowest BCUT2D eigenvalue weighted by Gasteiger charge is -2.17. The topological polar surface area (TPSA) is 80.3 Å². The fraction of sp³-hybridized carbons (Fsp3) is 0.412. The van der Waals surface area contributed by atoms with E-state index in [1.54, 1.807) is 18.7 Å². The second kappa shape index (κ2) is 5.58. The summed E-state index contributed by atoms with van der Waals surface area (Å²) in [5.74, 6) is 0.972. The summed E-state index contributed by atoms with van der Waals surface area (Å²) in [5.41, 5.74) is 1.67. The number of anilines is 2. The fourth-order valence-electron chi connectivity index (χ4n) is 3.74. The van der Waals surface area contributed by atoms with Gasteiger partial charge in [0.1, 0.15) is 0 Å². The van der Waals surface area contributed by atoms with Crippen LogP contribution in [0.1, 0.15) is 25.3 Å². The third-order valence-electron chi connectivity index (χ3n) is 5.06. The maximum Gasteiger partial charge on any atom is 0.227 e. The van der Waals surface area contributed by atoms with E-state index in [0.29, 0.717) is 6.42 Å². The van der Waals surface area contributed by atoms with Gasteiger partial charge in [0.2, 0.25) is 5.91 Å². The maximum atomic E-state index is 11.9. The van der Waals surface area contributed by atoms with Crippen molar-refractivity contribution in [3.63, 3.8) is 0 Å². The van der Waals surface area contributed by atoms with Gasteiger partial charge in [-0.2, -0.15) is 10.2 Å². The third kappa shape index (κ3) is 2.36. The molecule has 128 valence electrons. The van der Waals surface area contributed by atoms with Crippen LogP contribution >= 0.6 is 0 Å². The molecule has 5 heterocycles. The zero-order valence-corrected chi connectivity index (χ0v) is 13.7. The molecule has 3 aromatic heterocycles. The Labute approximate surface area is 144 Å². The van der Waals surface area contributed by atoms with Gasteiger partial charge in [0.25, 0.3) is 0 Å². The summed E-state index contributed by atoms with van der Waals surface area (Å²) in [5, 5.41) is 13.8. The standard InChI is InChI=1S/C17H18N6O2/c24-15-2-1-5-22(15)14-9-19-23(11-14)13-3-6-21(10-13)17-16-12(4-7-25-16)8-18-20-17/h4,7-9,11,13H,1-3,5-6,10H2.